The van der Waals surface area contributed by atoms with Crippen molar-refractivity contribution >= 4 is 45.2 Å². The van der Waals surface area contributed by atoms with Crippen molar-refractivity contribution in [1.29, 1.82) is 0 Å². The van der Waals surface area contributed by atoms with Crippen LogP contribution in [0.1, 0.15) is 33.6 Å². The van der Waals surface area contributed by atoms with Gasteiger partial charge in [-0.2, -0.15) is 9.97 Å². The molecular weight excluding hydrogens is 609 g/mol. The number of likely N-dealkylation sites (tertiary alicyclic amines) is 1. The highest BCUT2D eigenvalue weighted by atomic mass is 35.5. The first-order valence-corrected chi connectivity index (χ1v) is 15.9. The zero-order chi connectivity index (χ0) is 32.6. The highest BCUT2D eigenvalue weighted by molar-refractivity contribution is 6.36. The number of carbonyl (C=O) groups excluding carboxylic acids is 1. The van der Waals surface area contributed by atoms with E-state index in [0.717, 1.165) is 31.3 Å². The summed E-state index contributed by atoms with van der Waals surface area (Å²) >= 11 is 6.60. The number of amides is 1. The molecule has 1 amide bonds. The van der Waals surface area contributed by atoms with Crippen LogP contribution in [0, 0.1) is 12.4 Å². The first-order chi connectivity index (χ1) is 22.0. The van der Waals surface area contributed by atoms with Crippen LogP contribution in [-0.4, -0.2) is 94.9 Å². The maximum Gasteiger partial charge on any atom is 0.410 e. The number of fused-ring (bicyclic) bond motifs is 2. The molecule has 2 aliphatic rings. The molecule has 6 rings (SSSR count). The number of carbonyl (C=O) groups is 1. The summed E-state index contributed by atoms with van der Waals surface area (Å²) < 4.78 is 28.6. The number of anilines is 1. The molecule has 0 radical (unpaired) electrons. The van der Waals surface area contributed by atoms with Gasteiger partial charge in [-0.15, -0.1) is 0 Å². The molecule has 0 spiro atoms. The van der Waals surface area contributed by atoms with E-state index in [0.29, 0.717) is 46.8 Å². The Balaban J connectivity index is 1.43. The van der Waals surface area contributed by atoms with Crippen molar-refractivity contribution in [3.8, 4) is 17.3 Å². The van der Waals surface area contributed by atoms with Crippen LogP contribution in [0.5, 0.6) is 6.01 Å². The summed E-state index contributed by atoms with van der Waals surface area (Å²) in [7, 11) is 2.07. The smallest absolute Gasteiger partial charge is 0.410 e. The van der Waals surface area contributed by atoms with Gasteiger partial charge in [0.05, 0.1) is 5.39 Å². The average molecular weight is 646 g/mol. The first kappa shape index (κ1) is 31.7. The van der Waals surface area contributed by atoms with Crippen LogP contribution >= 0.6 is 11.6 Å². The molecule has 0 aliphatic carbocycles. The van der Waals surface area contributed by atoms with Crippen LogP contribution < -0.4 is 9.64 Å². The van der Waals surface area contributed by atoms with Crippen LogP contribution in [0.4, 0.5) is 15.0 Å². The van der Waals surface area contributed by atoms with Gasteiger partial charge in [0.1, 0.15) is 34.8 Å². The molecule has 0 unspecified atom stereocenters. The van der Waals surface area contributed by atoms with Crippen molar-refractivity contribution in [2.24, 2.45) is 0 Å². The fourth-order valence-corrected chi connectivity index (χ4v) is 6.40. The molecule has 10 nitrogen and oxygen atoms in total. The Kier molecular flexibility index (Phi) is 8.86. The fraction of sp³-hybridized carbons (Fsp3) is 0.441. The van der Waals surface area contributed by atoms with Gasteiger partial charge in [-0.25, -0.2) is 15.8 Å². The lowest BCUT2D eigenvalue weighted by molar-refractivity contribution is 0.0155. The topological polar surface area (TPSA) is 88.3 Å². The van der Waals surface area contributed by atoms with E-state index in [9.17, 15) is 4.79 Å². The molecule has 0 saturated carbocycles. The first-order valence-electron chi connectivity index (χ1n) is 15.5. The Morgan fingerprint density at radius 1 is 1.11 bits per heavy atom. The number of rotatable bonds is 5. The van der Waals surface area contributed by atoms with Crippen molar-refractivity contribution in [1.82, 2.24) is 24.8 Å². The third-order valence-corrected chi connectivity index (χ3v) is 8.72. The molecule has 4 aromatic rings. The molecular formula is C34H37ClFN7O3. The van der Waals surface area contributed by atoms with Gasteiger partial charge in [-0.3, -0.25) is 9.88 Å². The van der Waals surface area contributed by atoms with Gasteiger partial charge in [0.2, 0.25) is 6.54 Å². The van der Waals surface area contributed by atoms with Crippen LogP contribution in [0.3, 0.4) is 0 Å². The number of halogens is 2. The average Bonchev–Trinajstić information content (AvgIpc) is 3.01. The second-order valence-electron chi connectivity index (χ2n) is 12.9. The Labute approximate surface area is 272 Å². The second-order valence-corrected chi connectivity index (χ2v) is 13.3. The maximum absolute atomic E-state index is 16.7. The van der Waals surface area contributed by atoms with E-state index in [2.05, 4.69) is 26.8 Å². The lowest BCUT2D eigenvalue weighted by atomic mass is 10.0. The monoisotopic (exact) mass is 645 g/mol. The summed E-state index contributed by atoms with van der Waals surface area (Å²) in [5, 5.41) is 2.48. The third-order valence-electron chi connectivity index (χ3n) is 8.40. The lowest BCUT2D eigenvalue weighted by Gasteiger charge is -2.40. The van der Waals surface area contributed by atoms with E-state index in [1.54, 1.807) is 23.2 Å². The van der Waals surface area contributed by atoms with Crippen LogP contribution in [0.15, 0.2) is 42.6 Å². The summed E-state index contributed by atoms with van der Waals surface area (Å²) in [6.45, 7) is 15.8. The normalized spacial score (nSPS) is 18.2. The number of piperidine rings is 1. The Bertz CT molecular complexity index is 1810. The SMILES string of the molecule is [C-]#[N+]C[C@H]1CN(c2nc(OC3CCN(C)CC3)nc3c(F)c(-c4cccc5cccc(Cl)c45)ncc23)CCN1C(=O)OC(C)(C)C. The van der Waals surface area contributed by atoms with E-state index in [1.165, 1.54) is 0 Å². The molecule has 2 aromatic carbocycles. The molecule has 2 saturated heterocycles. The summed E-state index contributed by atoms with van der Waals surface area (Å²) in [4.78, 5) is 36.5. The van der Waals surface area contributed by atoms with Gasteiger partial charge in [0.25, 0.3) is 0 Å². The Morgan fingerprint density at radius 3 is 2.57 bits per heavy atom. The number of piperazine rings is 1. The minimum Gasteiger partial charge on any atom is -0.460 e. The minimum absolute atomic E-state index is 0.0797. The summed E-state index contributed by atoms with van der Waals surface area (Å²) in [5.74, 6) is -0.160. The molecule has 46 heavy (non-hydrogen) atoms. The molecule has 12 heteroatoms. The maximum atomic E-state index is 16.7. The van der Waals surface area contributed by atoms with Crippen molar-refractivity contribution < 1.29 is 18.7 Å². The minimum atomic E-state index is -0.672. The zero-order valence-corrected chi connectivity index (χ0v) is 27.2. The van der Waals surface area contributed by atoms with E-state index >= 15 is 4.39 Å². The zero-order valence-electron chi connectivity index (χ0n) is 26.5. The van der Waals surface area contributed by atoms with Crippen molar-refractivity contribution in [2.45, 2.75) is 51.4 Å². The van der Waals surface area contributed by atoms with Crippen molar-refractivity contribution in [3.05, 3.63) is 64.9 Å². The molecule has 2 aliphatic heterocycles. The molecule has 4 heterocycles. The fourth-order valence-electron chi connectivity index (χ4n) is 6.12. The predicted octanol–water partition coefficient (Wildman–Crippen LogP) is 6.46. The summed E-state index contributed by atoms with van der Waals surface area (Å²) in [6.07, 6.45) is 2.61. The van der Waals surface area contributed by atoms with Crippen LogP contribution in [0.25, 0.3) is 37.8 Å². The van der Waals surface area contributed by atoms with Gasteiger partial charge in [-0.1, -0.05) is 41.9 Å². The quantitative estimate of drug-likeness (QED) is 0.229. The molecule has 240 valence electrons. The van der Waals surface area contributed by atoms with Gasteiger partial charge in [0, 0.05) is 54.9 Å². The van der Waals surface area contributed by atoms with Gasteiger partial charge in [0.15, 0.2) is 5.82 Å². The summed E-state index contributed by atoms with van der Waals surface area (Å²) in [6, 6.07) is 10.8. The molecule has 2 fully saturated rings. The highest BCUT2D eigenvalue weighted by Crippen LogP contribution is 2.38. The molecule has 0 N–H and O–H groups in total. The molecule has 2 aromatic heterocycles. The van der Waals surface area contributed by atoms with E-state index in [1.807, 2.05) is 49.9 Å². The van der Waals surface area contributed by atoms with Gasteiger partial charge < -0.3 is 24.1 Å². The van der Waals surface area contributed by atoms with Crippen molar-refractivity contribution in [2.75, 3.05) is 51.2 Å². The van der Waals surface area contributed by atoms with Crippen LogP contribution in [-0.2, 0) is 4.74 Å². The number of pyridine rings is 1. The van der Waals surface area contributed by atoms with Gasteiger partial charge >= 0.3 is 12.1 Å². The van der Waals surface area contributed by atoms with Crippen LogP contribution in [0.2, 0.25) is 5.02 Å². The third kappa shape index (κ3) is 6.50. The summed E-state index contributed by atoms with van der Waals surface area (Å²) in [5.41, 5.74) is 0.0957. The van der Waals surface area contributed by atoms with E-state index < -0.39 is 23.6 Å². The van der Waals surface area contributed by atoms with Gasteiger partial charge in [-0.05, 0) is 52.1 Å². The predicted molar refractivity (Wildman–Crippen MR) is 177 cm³/mol. The number of hydrogen-bond donors (Lipinski definition) is 0. The number of nitrogens with zero attached hydrogens (tertiary/aromatic N) is 7. The molecule has 0 bridgehead atoms. The van der Waals surface area contributed by atoms with E-state index in [-0.39, 0.29) is 29.9 Å². The number of ether oxygens (including phenoxy) is 2. The standard InChI is InChI=1S/C34H37ClFN7O3/c1-34(2,3)46-33(44)43-17-16-42(20-22(43)18-37-4)31-25-19-38-29(24-10-6-8-21-9-7-11-26(35)27(21)24)28(36)30(25)39-32(40-31)45-23-12-14-41(5)15-13-23/h6-11,19,22-23H,12-18,20H2,1-3,5H3/t22-/m0/s1. The largest absolute Gasteiger partial charge is 0.460 e. The number of aromatic nitrogens is 3. The highest BCUT2D eigenvalue weighted by Gasteiger charge is 2.37. The van der Waals surface area contributed by atoms with E-state index in [4.69, 9.17) is 32.6 Å². The Hall–Kier alpha value is -4.27. The Morgan fingerprint density at radius 2 is 1.85 bits per heavy atom. The lowest BCUT2D eigenvalue weighted by Crippen LogP contribution is -2.57. The molecule has 1 atom stereocenters. The number of hydrogen-bond acceptors (Lipinski definition) is 8. The number of benzene rings is 2. The second kappa shape index (κ2) is 12.9. The van der Waals surface area contributed by atoms with Crippen molar-refractivity contribution in [3.63, 3.8) is 0 Å².